The van der Waals surface area contributed by atoms with Crippen molar-refractivity contribution < 1.29 is 9.84 Å². The third kappa shape index (κ3) is 7.24. The highest BCUT2D eigenvalue weighted by molar-refractivity contribution is 5.39. The molecule has 0 spiro atoms. The molecule has 9 heteroatoms. The molecule has 9 nitrogen and oxygen atoms in total. The van der Waals surface area contributed by atoms with Gasteiger partial charge in [0.25, 0.3) is 5.56 Å². The van der Waals surface area contributed by atoms with Crippen molar-refractivity contribution in [3.63, 3.8) is 0 Å². The van der Waals surface area contributed by atoms with E-state index in [1.54, 1.807) is 34.9 Å². The topological polar surface area (TPSA) is 104 Å². The van der Waals surface area contributed by atoms with Crippen LogP contribution in [-0.2, 0) is 13.1 Å². The molecule has 202 valence electrons. The number of aliphatic hydroxyl groups is 1. The van der Waals surface area contributed by atoms with Crippen LogP contribution < -0.4 is 20.9 Å². The van der Waals surface area contributed by atoms with Crippen LogP contribution in [-0.4, -0.2) is 63.6 Å². The molecule has 1 aliphatic heterocycles. The monoisotopic (exact) mass is 511 g/mol. The Morgan fingerprint density at radius 2 is 1.59 bits per heavy atom. The van der Waals surface area contributed by atoms with Crippen molar-refractivity contribution in [1.29, 1.82) is 5.26 Å². The van der Waals surface area contributed by atoms with Gasteiger partial charge >= 0.3 is 5.69 Å². The molecule has 0 amide bonds. The Morgan fingerprint density at radius 3 is 2.16 bits per heavy atom. The molecule has 1 saturated heterocycles. The zero-order valence-corrected chi connectivity index (χ0v) is 22.7. The van der Waals surface area contributed by atoms with Crippen LogP contribution in [0.3, 0.4) is 0 Å². The number of hydrogen-bond acceptors (Lipinski definition) is 7. The predicted octanol–water partition coefficient (Wildman–Crippen LogP) is 2.82. The maximum Gasteiger partial charge on any atom is 0.332 e. The first-order valence-electron chi connectivity index (χ1n) is 13.4. The first-order chi connectivity index (χ1) is 17.7. The highest BCUT2D eigenvalue weighted by Crippen LogP contribution is 2.23. The van der Waals surface area contributed by atoms with E-state index in [4.69, 9.17) is 10.00 Å². The average molecular weight is 512 g/mol. The summed E-state index contributed by atoms with van der Waals surface area (Å²) < 4.78 is 9.17. The fourth-order valence-electron chi connectivity index (χ4n) is 4.51. The lowest BCUT2D eigenvalue weighted by atomic mass is 10.0. The van der Waals surface area contributed by atoms with Gasteiger partial charge in [0.1, 0.15) is 23.3 Å². The number of anilines is 1. The summed E-state index contributed by atoms with van der Waals surface area (Å²) in [6.07, 6.45) is 2.82. The van der Waals surface area contributed by atoms with Crippen molar-refractivity contribution in [3.05, 3.63) is 56.7 Å². The molecule has 37 heavy (non-hydrogen) atoms. The van der Waals surface area contributed by atoms with Gasteiger partial charge in [0.15, 0.2) is 0 Å². The van der Waals surface area contributed by atoms with Crippen molar-refractivity contribution >= 4 is 5.82 Å². The first kappa shape index (κ1) is 28.5. The molecule has 1 aliphatic rings. The van der Waals surface area contributed by atoms with Crippen LogP contribution in [0.1, 0.15) is 58.9 Å². The number of nitrogens with zero attached hydrogens (tertiary/aromatic N) is 5. The van der Waals surface area contributed by atoms with Crippen molar-refractivity contribution in [1.82, 2.24) is 14.0 Å². The predicted molar refractivity (Wildman–Crippen MR) is 145 cm³/mol. The maximum absolute atomic E-state index is 13.2. The van der Waals surface area contributed by atoms with E-state index in [1.807, 2.05) is 20.8 Å². The van der Waals surface area contributed by atoms with Crippen LogP contribution in [0.5, 0.6) is 5.75 Å². The zero-order valence-electron chi connectivity index (χ0n) is 22.7. The number of hydrogen-bond donors (Lipinski definition) is 1. The van der Waals surface area contributed by atoms with Crippen LogP contribution >= 0.6 is 0 Å². The van der Waals surface area contributed by atoms with Crippen LogP contribution in [0.25, 0.3) is 0 Å². The lowest BCUT2D eigenvalue weighted by molar-refractivity contribution is -0.0449. The third-order valence-corrected chi connectivity index (χ3v) is 7.02. The molecule has 0 bridgehead atoms. The third-order valence-electron chi connectivity index (χ3n) is 7.02. The minimum atomic E-state index is -0.824. The molecule has 1 aromatic carbocycles. The second kappa shape index (κ2) is 12.9. The van der Waals surface area contributed by atoms with E-state index in [-0.39, 0.29) is 11.2 Å². The van der Waals surface area contributed by atoms with Gasteiger partial charge < -0.3 is 14.7 Å². The van der Waals surface area contributed by atoms with Crippen LogP contribution in [0.2, 0.25) is 0 Å². The number of benzene rings is 1. The number of aromatic nitrogens is 2. The van der Waals surface area contributed by atoms with Gasteiger partial charge in [-0.2, -0.15) is 5.26 Å². The van der Waals surface area contributed by atoms with Crippen molar-refractivity contribution in [2.75, 3.05) is 37.6 Å². The number of unbranched alkanes of at least 4 members (excludes halogenated alkanes) is 2. The van der Waals surface area contributed by atoms with Gasteiger partial charge in [0, 0.05) is 51.9 Å². The van der Waals surface area contributed by atoms with Gasteiger partial charge in [-0.15, -0.1) is 0 Å². The maximum atomic E-state index is 13.2. The van der Waals surface area contributed by atoms with E-state index in [0.29, 0.717) is 62.9 Å². The Labute approximate surface area is 219 Å². The summed E-state index contributed by atoms with van der Waals surface area (Å²) in [6, 6.07) is 10.6. The number of nitriles is 1. The van der Waals surface area contributed by atoms with E-state index < -0.39 is 11.7 Å². The highest BCUT2D eigenvalue weighted by atomic mass is 16.5. The van der Waals surface area contributed by atoms with Crippen molar-refractivity contribution in [3.8, 4) is 11.8 Å². The second-order valence-corrected chi connectivity index (χ2v) is 10.3. The van der Waals surface area contributed by atoms with E-state index in [2.05, 4.69) is 22.8 Å². The number of rotatable bonds is 12. The van der Waals surface area contributed by atoms with Gasteiger partial charge in [-0.1, -0.05) is 26.7 Å². The standard InChI is InChI=1S/C28H41N5O4/c1-5-7-13-32-25(19-26(35)33(27(32)36)14-8-6-2)31-17-15-30(16-18-31)21-24(34)28(3,4)37-23-11-9-22(20-29)10-12-23/h9-12,19,24,34H,5-8,13-18,21H2,1-4H3. The summed E-state index contributed by atoms with van der Waals surface area (Å²) in [6.45, 7) is 12.1. The molecule has 1 N–H and O–H groups in total. The van der Waals surface area contributed by atoms with Gasteiger partial charge in [0.05, 0.1) is 11.6 Å². The van der Waals surface area contributed by atoms with E-state index in [1.165, 1.54) is 4.57 Å². The second-order valence-electron chi connectivity index (χ2n) is 10.3. The smallest absolute Gasteiger partial charge is 0.332 e. The molecule has 0 saturated carbocycles. The summed E-state index contributed by atoms with van der Waals surface area (Å²) in [5.74, 6) is 1.30. The zero-order chi connectivity index (χ0) is 27.0. The minimum Gasteiger partial charge on any atom is -0.485 e. The van der Waals surface area contributed by atoms with E-state index in [0.717, 1.165) is 25.7 Å². The summed E-state index contributed by atoms with van der Waals surface area (Å²) >= 11 is 0. The Hall–Kier alpha value is -3.09. The van der Waals surface area contributed by atoms with Gasteiger partial charge in [-0.25, -0.2) is 4.79 Å². The Balaban J connectivity index is 1.66. The van der Waals surface area contributed by atoms with Crippen molar-refractivity contribution in [2.45, 2.75) is 78.2 Å². The van der Waals surface area contributed by atoms with Gasteiger partial charge in [-0.3, -0.25) is 18.8 Å². The quantitative estimate of drug-likeness (QED) is 0.467. The largest absolute Gasteiger partial charge is 0.485 e. The summed E-state index contributed by atoms with van der Waals surface area (Å²) in [4.78, 5) is 30.3. The SMILES string of the molecule is CCCCn1c(N2CCN(CC(O)C(C)(C)Oc3ccc(C#N)cc3)CC2)cc(=O)n(CCCC)c1=O. The molecule has 2 heterocycles. The number of β-amino-alcohol motifs (C(OH)–C–C–N with tert-alkyl or cyclic N) is 1. The summed E-state index contributed by atoms with van der Waals surface area (Å²) in [7, 11) is 0. The van der Waals surface area contributed by atoms with Gasteiger partial charge in [0.2, 0.25) is 0 Å². The Morgan fingerprint density at radius 1 is 1.00 bits per heavy atom. The lowest BCUT2D eigenvalue weighted by Gasteiger charge is -2.40. The van der Waals surface area contributed by atoms with Crippen LogP contribution in [0.4, 0.5) is 5.82 Å². The van der Waals surface area contributed by atoms with Crippen LogP contribution in [0.15, 0.2) is 39.9 Å². The fraction of sp³-hybridized carbons (Fsp3) is 0.607. The number of ether oxygens (including phenoxy) is 1. The van der Waals surface area contributed by atoms with Gasteiger partial charge in [-0.05, 0) is 51.0 Å². The molecule has 1 unspecified atom stereocenters. The average Bonchev–Trinajstić information content (AvgIpc) is 2.88. The molecule has 0 aliphatic carbocycles. The molecule has 1 fully saturated rings. The minimum absolute atomic E-state index is 0.219. The number of aliphatic hydroxyl groups excluding tert-OH is 1. The molecule has 1 aromatic heterocycles. The Kier molecular flexibility index (Phi) is 9.95. The summed E-state index contributed by atoms with van der Waals surface area (Å²) in [5, 5.41) is 19.9. The lowest BCUT2D eigenvalue weighted by Crippen LogP contribution is -2.54. The van der Waals surface area contributed by atoms with Crippen LogP contribution in [0, 0.1) is 11.3 Å². The molecule has 2 aromatic rings. The molecular formula is C28H41N5O4. The van der Waals surface area contributed by atoms with Crippen molar-refractivity contribution in [2.24, 2.45) is 0 Å². The molecule has 0 radical (unpaired) electrons. The molecule has 3 rings (SSSR count). The Bertz CT molecular complexity index is 1170. The summed E-state index contributed by atoms with van der Waals surface area (Å²) in [5.41, 5.74) is -0.721. The van der Waals surface area contributed by atoms with E-state index >= 15 is 0 Å². The molecular weight excluding hydrogens is 470 g/mol. The molecule has 1 atom stereocenters. The normalized spacial score (nSPS) is 15.4. The number of piperazine rings is 1. The first-order valence-corrected chi connectivity index (χ1v) is 13.4. The van der Waals surface area contributed by atoms with E-state index in [9.17, 15) is 14.7 Å². The highest BCUT2D eigenvalue weighted by Gasteiger charge is 2.33. The fourth-order valence-corrected chi connectivity index (χ4v) is 4.51.